The number of amides is 2. The molecule has 1 saturated heterocycles. The largest absolute Gasteiger partial charge is 0.480 e. The Morgan fingerprint density at radius 1 is 1.11 bits per heavy atom. The first-order chi connectivity index (χ1) is 13.0. The quantitative estimate of drug-likeness (QED) is 0.536. The van der Waals surface area contributed by atoms with Crippen molar-refractivity contribution in [3.63, 3.8) is 0 Å². The highest BCUT2D eigenvalue weighted by Gasteiger charge is 2.36. The van der Waals surface area contributed by atoms with Gasteiger partial charge in [0.2, 0.25) is 0 Å². The Hall–Kier alpha value is -2.19. The molecule has 27 heavy (non-hydrogen) atoms. The average molecular weight is 405 g/mol. The van der Waals surface area contributed by atoms with Crippen molar-refractivity contribution >= 4 is 46.3 Å². The number of allylic oxidation sites excluding steroid dienone is 2. The van der Waals surface area contributed by atoms with Gasteiger partial charge in [-0.3, -0.25) is 19.3 Å². The van der Waals surface area contributed by atoms with Crippen molar-refractivity contribution in [1.29, 1.82) is 0 Å². The van der Waals surface area contributed by atoms with E-state index in [1.807, 2.05) is 18.2 Å². The zero-order valence-electron chi connectivity index (χ0n) is 14.9. The Morgan fingerprint density at radius 3 is 2.63 bits per heavy atom. The number of benzene rings is 1. The third-order valence-electron chi connectivity index (χ3n) is 4.17. The molecule has 0 unspecified atom stereocenters. The third kappa shape index (κ3) is 4.39. The lowest BCUT2D eigenvalue weighted by atomic mass is 10.2. The van der Waals surface area contributed by atoms with Gasteiger partial charge in [0.25, 0.3) is 11.1 Å². The van der Waals surface area contributed by atoms with Crippen LogP contribution in [0.15, 0.2) is 51.2 Å². The van der Waals surface area contributed by atoms with Crippen molar-refractivity contribution in [2.45, 2.75) is 31.1 Å². The van der Waals surface area contributed by atoms with E-state index in [-0.39, 0.29) is 4.91 Å². The number of hydrogen-bond donors (Lipinski definition) is 1. The number of anilines is 1. The molecule has 0 radical (unpaired) electrons. The van der Waals surface area contributed by atoms with Gasteiger partial charge in [-0.05, 0) is 42.5 Å². The van der Waals surface area contributed by atoms with Crippen LogP contribution in [0.5, 0.6) is 0 Å². The first-order valence-electron chi connectivity index (χ1n) is 8.73. The summed E-state index contributed by atoms with van der Waals surface area (Å²) in [6.45, 7) is 2.44. The van der Waals surface area contributed by atoms with Gasteiger partial charge in [0.1, 0.15) is 6.54 Å². The summed E-state index contributed by atoms with van der Waals surface area (Å²) in [5.74, 6) is -1.76. The fraction of sp³-hybridized carbons (Fsp3) is 0.316. The van der Waals surface area contributed by atoms with Gasteiger partial charge < -0.3 is 10.0 Å². The lowest BCUT2D eigenvalue weighted by molar-refractivity contribution is -0.140. The summed E-state index contributed by atoms with van der Waals surface area (Å²) < 4.78 is 0. The van der Waals surface area contributed by atoms with Crippen molar-refractivity contribution in [1.82, 2.24) is 4.90 Å². The fourth-order valence-electron chi connectivity index (χ4n) is 2.86. The van der Waals surface area contributed by atoms with Crippen LogP contribution >= 0.6 is 23.5 Å². The second-order valence-electron chi connectivity index (χ2n) is 6.12. The van der Waals surface area contributed by atoms with Crippen LogP contribution in [0.2, 0.25) is 0 Å². The molecule has 3 rings (SSSR count). The Labute approximate surface area is 166 Å². The number of imide groups is 1. The average Bonchev–Trinajstić information content (AvgIpc) is 3.12. The highest BCUT2D eigenvalue weighted by Crippen LogP contribution is 2.46. The van der Waals surface area contributed by atoms with E-state index in [0.29, 0.717) is 0 Å². The van der Waals surface area contributed by atoms with Crippen molar-refractivity contribution in [3.05, 3.63) is 46.4 Å². The van der Waals surface area contributed by atoms with Crippen molar-refractivity contribution in [2.75, 3.05) is 18.0 Å². The lowest BCUT2D eigenvalue weighted by Crippen LogP contribution is -2.33. The molecule has 8 heteroatoms. The second kappa shape index (κ2) is 8.67. The number of rotatable bonds is 7. The van der Waals surface area contributed by atoms with Crippen molar-refractivity contribution < 1.29 is 19.5 Å². The van der Waals surface area contributed by atoms with Crippen molar-refractivity contribution in [2.24, 2.45) is 0 Å². The van der Waals surface area contributed by atoms with Gasteiger partial charge in [0, 0.05) is 11.4 Å². The smallest absolute Gasteiger partial charge is 0.323 e. The summed E-state index contributed by atoms with van der Waals surface area (Å²) in [6, 6.07) is 8.15. The number of carboxylic acid groups (broad SMARTS) is 1. The molecule has 0 saturated carbocycles. The molecule has 2 amide bonds. The molecule has 2 aliphatic rings. The number of thioether (sulfide) groups is 2. The molecule has 2 heterocycles. The molecule has 6 nitrogen and oxygen atoms in total. The molecule has 0 aromatic heterocycles. The molecule has 2 aliphatic heterocycles. The molecule has 1 fully saturated rings. The number of nitrogens with zero attached hydrogens (tertiary/aromatic N) is 2. The van der Waals surface area contributed by atoms with Gasteiger partial charge in [-0.25, -0.2) is 0 Å². The SMILES string of the molecule is CCCCCN1/C(=C\C=C2\SC(=O)N(CC(=O)O)C2=O)Sc2ccccc21. The molecule has 1 N–H and O–H groups in total. The predicted octanol–water partition coefficient (Wildman–Crippen LogP) is 4.29. The summed E-state index contributed by atoms with van der Waals surface area (Å²) >= 11 is 2.40. The Balaban J connectivity index is 1.81. The topological polar surface area (TPSA) is 77.9 Å². The molecule has 0 aliphatic carbocycles. The summed E-state index contributed by atoms with van der Waals surface area (Å²) in [5, 5.41) is 9.29. The Morgan fingerprint density at radius 2 is 1.89 bits per heavy atom. The highest BCUT2D eigenvalue weighted by molar-refractivity contribution is 8.18. The molecule has 0 bridgehead atoms. The number of para-hydroxylation sites is 1. The van der Waals surface area contributed by atoms with Crippen LogP contribution in [0, 0.1) is 0 Å². The Bertz CT molecular complexity index is 835. The minimum absolute atomic E-state index is 0.249. The van der Waals surface area contributed by atoms with Crippen LogP contribution in [0.1, 0.15) is 26.2 Å². The van der Waals surface area contributed by atoms with E-state index in [9.17, 15) is 14.4 Å². The molecular weight excluding hydrogens is 384 g/mol. The third-order valence-corrected chi connectivity index (χ3v) is 6.22. The molecule has 0 spiro atoms. The Kier molecular flexibility index (Phi) is 6.28. The minimum atomic E-state index is -1.21. The number of unbranched alkanes of at least 4 members (excludes halogenated alkanes) is 2. The van der Waals surface area contributed by atoms with E-state index < -0.39 is 23.7 Å². The van der Waals surface area contributed by atoms with Crippen LogP contribution in [0.25, 0.3) is 0 Å². The maximum absolute atomic E-state index is 12.3. The van der Waals surface area contributed by atoms with Crippen LogP contribution in [-0.2, 0) is 9.59 Å². The van der Waals surface area contributed by atoms with E-state index in [1.54, 1.807) is 17.8 Å². The van der Waals surface area contributed by atoms with Crippen LogP contribution in [0.3, 0.4) is 0 Å². The first-order valence-corrected chi connectivity index (χ1v) is 10.4. The monoisotopic (exact) mass is 404 g/mol. The standard InChI is InChI=1S/C19H20N2O4S2/c1-2-3-6-11-20-13-7-4-5-8-14(13)26-16(20)10-9-15-18(24)21(12-17(22)23)19(25)27-15/h4-5,7-10H,2-3,6,11-12H2,1H3,(H,22,23)/b15-9+,16-10+. The van der Waals surface area contributed by atoms with E-state index in [4.69, 9.17) is 5.11 Å². The van der Waals surface area contributed by atoms with E-state index in [2.05, 4.69) is 24.0 Å². The van der Waals surface area contributed by atoms with E-state index in [0.717, 1.165) is 58.1 Å². The first kappa shape index (κ1) is 19.6. The zero-order chi connectivity index (χ0) is 19.4. The minimum Gasteiger partial charge on any atom is -0.480 e. The number of carbonyl (C=O) groups excluding carboxylic acids is 2. The summed E-state index contributed by atoms with van der Waals surface area (Å²) in [5.41, 5.74) is 1.15. The van der Waals surface area contributed by atoms with Gasteiger partial charge in [-0.15, -0.1) is 0 Å². The summed E-state index contributed by atoms with van der Waals surface area (Å²) in [4.78, 5) is 39.4. The molecular formula is C19H20N2O4S2. The van der Waals surface area contributed by atoms with Gasteiger partial charge in [-0.1, -0.05) is 43.7 Å². The van der Waals surface area contributed by atoms with Crippen LogP contribution in [-0.4, -0.2) is 40.2 Å². The molecule has 1 aromatic rings. The van der Waals surface area contributed by atoms with Crippen molar-refractivity contribution in [3.8, 4) is 0 Å². The maximum atomic E-state index is 12.3. The summed E-state index contributed by atoms with van der Waals surface area (Å²) in [6.07, 6.45) is 6.81. The molecule has 1 aromatic carbocycles. The fourth-order valence-corrected chi connectivity index (χ4v) is 4.73. The zero-order valence-corrected chi connectivity index (χ0v) is 16.5. The van der Waals surface area contributed by atoms with Gasteiger partial charge in [0.05, 0.1) is 15.6 Å². The number of fused-ring (bicyclic) bond motifs is 1. The number of carboxylic acids is 1. The predicted molar refractivity (Wildman–Crippen MR) is 108 cm³/mol. The van der Waals surface area contributed by atoms with Gasteiger partial charge >= 0.3 is 5.97 Å². The highest BCUT2D eigenvalue weighted by atomic mass is 32.2. The van der Waals surface area contributed by atoms with Gasteiger partial charge in [-0.2, -0.15) is 0 Å². The van der Waals surface area contributed by atoms with E-state index >= 15 is 0 Å². The maximum Gasteiger partial charge on any atom is 0.323 e. The number of hydrogen-bond acceptors (Lipinski definition) is 6. The lowest BCUT2D eigenvalue weighted by Gasteiger charge is -2.20. The van der Waals surface area contributed by atoms with Crippen LogP contribution in [0.4, 0.5) is 10.5 Å². The van der Waals surface area contributed by atoms with E-state index in [1.165, 1.54) is 0 Å². The normalized spacial score (nSPS) is 19.4. The molecule has 0 atom stereocenters. The summed E-state index contributed by atoms with van der Waals surface area (Å²) in [7, 11) is 0. The van der Waals surface area contributed by atoms with Gasteiger partial charge in [0.15, 0.2) is 0 Å². The second-order valence-corrected chi connectivity index (χ2v) is 8.17. The van der Waals surface area contributed by atoms with Crippen LogP contribution < -0.4 is 4.90 Å². The number of carbonyl (C=O) groups is 3. The number of aliphatic carboxylic acids is 1. The molecule has 142 valence electrons.